The Morgan fingerprint density at radius 3 is 2.73 bits per heavy atom. The van der Waals surface area contributed by atoms with Crippen LogP contribution in [-0.2, 0) is 16.0 Å². The zero-order chi connectivity index (χ0) is 28.2. The molecule has 9 nitrogen and oxygen atoms in total. The van der Waals surface area contributed by atoms with Crippen molar-refractivity contribution < 1.29 is 14.4 Å². The van der Waals surface area contributed by atoms with Crippen LogP contribution in [0.25, 0.3) is 21.8 Å². The summed E-state index contributed by atoms with van der Waals surface area (Å²) in [7, 11) is 3.45. The summed E-state index contributed by atoms with van der Waals surface area (Å²) in [4.78, 5) is 52.8. The van der Waals surface area contributed by atoms with Gasteiger partial charge >= 0.3 is 0 Å². The second kappa shape index (κ2) is 11.9. The zero-order valence-electron chi connectivity index (χ0n) is 23.3. The number of nitrogens with zero attached hydrogens (tertiary/aromatic N) is 4. The van der Waals surface area contributed by atoms with Crippen molar-refractivity contribution >= 4 is 51.8 Å². The molecule has 0 radical (unpaired) electrons. The number of hydrogen-bond donors (Lipinski definition) is 2. The lowest BCUT2D eigenvalue weighted by atomic mass is 9.85. The third kappa shape index (κ3) is 5.15. The summed E-state index contributed by atoms with van der Waals surface area (Å²) >= 11 is 0. The van der Waals surface area contributed by atoms with Crippen LogP contribution in [0, 0.1) is 0 Å². The Morgan fingerprint density at radius 2 is 2.02 bits per heavy atom. The molecule has 0 bridgehead atoms. The van der Waals surface area contributed by atoms with E-state index >= 15 is 0 Å². The predicted molar refractivity (Wildman–Crippen MR) is 158 cm³/mol. The molecule has 0 saturated carbocycles. The molecular formula is C31H36N6O3. The lowest BCUT2D eigenvalue weighted by Gasteiger charge is -2.34. The van der Waals surface area contributed by atoms with Crippen molar-refractivity contribution in [1.82, 2.24) is 20.3 Å². The number of aryl methyl sites for hydroxylation is 1. The van der Waals surface area contributed by atoms with E-state index in [1.807, 2.05) is 36.3 Å². The number of aromatic nitrogens is 3. The maximum atomic E-state index is 12.7. The molecule has 0 spiro atoms. The van der Waals surface area contributed by atoms with Gasteiger partial charge in [0.1, 0.15) is 24.0 Å². The number of aromatic amines is 1. The maximum absolute atomic E-state index is 12.7. The van der Waals surface area contributed by atoms with Gasteiger partial charge in [0.2, 0.25) is 5.91 Å². The fourth-order valence-corrected chi connectivity index (χ4v) is 5.96. The number of H-pyrrole nitrogens is 1. The molecule has 1 amide bonds. The molecule has 208 valence electrons. The minimum Gasteiger partial charge on any atom is -0.362 e. The Hall–Kier alpha value is -4.27. The van der Waals surface area contributed by atoms with Gasteiger partial charge in [0, 0.05) is 62.7 Å². The van der Waals surface area contributed by atoms with Crippen LogP contribution in [0.15, 0.2) is 42.6 Å². The summed E-state index contributed by atoms with van der Waals surface area (Å²) < 4.78 is 0. The van der Waals surface area contributed by atoms with Crippen LogP contribution in [0.5, 0.6) is 0 Å². The maximum Gasteiger partial charge on any atom is 0.242 e. The van der Waals surface area contributed by atoms with Gasteiger partial charge in [-0.1, -0.05) is 31.2 Å². The molecule has 5 rings (SSSR count). The molecule has 2 aromatic carbocycles. The summed E-state index contributed by atoms with van der Waals surface area (Å²) in [6, 6.07) is 11.6. The molecule has 9 heteroatoms. The number of rotatable bonds is 10. The Labute approximate surface area is 234 Å². The number of benzene rings is 2. The fourth-order valence-electron chi connectivity index (χ4n) is 5.96. The predicted octanol–water partition coefficient (Wildman–Crippen LogP) is 4.40. The van der Waals surface area contributed by atoms with Crippen molar-refractivity contribution in [3.63, 3.8) is 0 Å². The van der Waals surface area contributed by atoms with E-state index in [0.29, 0.717) is 17.9 Å². The summed E-state index contributed by atoms with van der Waals surface area (Å²) in [5.74, 6) is 2.08. The van der Waals surface area contributed by atoms with E-state index in [1.165, 1.54) is 5.56 Å². The van der Waals surface area contributed by atoms with Gasteiger partial charge in [-0.2, -0.15) is 0 Å². The van der Waals surface area contributed by atoms with Crippen LogP contribution in [0.2, 0.25) is 0 Å². The number of aldehydes is 2. The van der Waals surface area contributed by atoms with Gasteiger partial charge < -0.3 is 24.9 Å². The van der Waals surface area contributed by atoms with Gasteiger partial charge in [-0.3, -0.25) is 9.59 Å². The highest BCUT2D eigenvalue weighted by Crippen LogP contribution is 2.39. The average molecular weight is 541 g/mol. The molecule has 2 N–H and O–H groups in total. The fraction of sp³-hybridized carbons (Fsp3) is 0.387. The monoisotopic (exact) mass is 540 g/mol. The highest BCUT2D eigenvalue weighted by atomic mass is 16.2. The Kier molecular flexibility index (Phi) is 8.09. The minimum atomic E-state index is -0.526. The molecule has 2 aromatic heterocycles. The zero-order valence-corrected chi connectivity index (χ0v) is 23.3. The van der Waals surface area contributed by atoms with E-state index < -0.39 is 6.04 Å². The van der Waals surface area contributed by atoms with Gasteiger partial charge in [0.25, 0.3) is 0 Å². The molecule has 1 fully saturated rings. The van der Waals surface area contributed by atoms with Crippen LogP contribution in [0.4, 0.5) is 11.5 Å². The number of likely N-dealkylation sites (N-methyl/N-ethyl adjacent to an activating group) is 2. The smallest absolute Gasteiger partial charge is 0.242 e. The van der Waals surface area contributed by atoms with E-state index in [-0.39, 0.29) is 12.3 Å². The van der Waals surface area contributed by atoms with Crippen molar-refractivity contribution in [3.05, 3.63) is 59.5 Å². The minimum absolute atomic E-state index is 0.161. The van der Waals surface area contributed by atoms with Gasteiger partial charge in [-0.15, -0.1) is 0 Å². The molecule has 1 atom stereocenters. The first kappa shape index (κ1) is 27.3. The van der Waals surface area contributed by atoms with Crippen molar-refractivity contribution in [2.75, 3.05) is 37.0 Å². The average Bonchev–Trinajstić information content (AvgIpc) is 3.43. The number of nitrogens with one attached hydrogen (secondary N) is 2. The van der Waals surface area contributed by atoms with Crippen LogP contribution in [0.1, 0.15) is 60.3 Å². The van der Waals surface area contributed by atoms with Crippen LogP contribution in [0.3, 0.4) is 0 Å². The summed E-state index contributed by atoms with van der Waals surface area (Å²) in [6.07, 6.45) is 6.99. The number of anilines is 2. The number of hydrogen-bond acceptors (Lipinski definition) is 7. The van der Waals surface area contributed by atoms with E-state index in [0.717, 1.165) is 84.1 Å². The molecule has 3 heterocycles. The molecule has 0 aliphatic carbocycles. The first-order valence-corrected chi connectivity index (χ1v) is 14.0. The molecule has 40 heavy (non-hydrogen) atoms. The third-order valence-corrected chi connectivity index (χ3v) is 8.16. The quantitative estimate of drug-likeness (QED) is 0.287. The van der Waals surface area contributed by atoms with E-state index in [9.17, 15) is 14.4 Å². The van der Waals surface area contributed by atoms with Crippen LogP contribution >= 0.6 is 0 Å². The van der Waals surface area contributed by atoms with Crippen molar-refractivity contribution in [3.8, 4) is 0 Å². The van der Waals surface area contributed by atoms with Gasteiger partial charge in [-0.05, 0) is 42.2 Å². The number of carbonyl (C=O) groups is 3. The molecule has 1 unspecified atom stereocenters. The number of piperidine rings is 1. The van der Waals surface area contributed by atoms with Crippen molar-refractivity contribution in [2.24, 2.45) is 0 Å². The van der Waals surface area contributed by atoms with E-state index in [2.05, 4.69) is 50.3 Å². The highest BCUT2D eigenvalue weighted by molar-refractivity contribution is 6.07. The Bertz CT molecular complexity index is 1540. The number of fused-ring (bicyclic) bond motifs is 2. The molecule has 1 saturated heterocycles. The van der Waals surface area contributed by atoms with Crippen LogP contribution in [-0.4, -0.2) is 66.7 Å². The molecular weight excluding hydrogens is 504 g/mol. The third-order valence-electron chi connectivity index (χ3n) is 8.16. The SMILES string of the molecule is CCc1ncc2[nH]c(N3CCC(c4ccc(N(C)C(CCC=O)C(=O)NC)c5c(C=O)cccc45)CC3)cc2n1. The van der Waals surface area contributed by atoms with E-state index in [1.54, 1.807) is 7.05 Å². The standard InChI is InChI=1S/C31H36N6O3/c1-4-28-33-18-25-24(34-28)17-29(35-25)37-14-12-20(13-15-37)22-10-11-26(30-21(19-39)7-5-8-23(22)30)36(3)27(9-6-16-38)31(40)32-2/h5,7-8,10-11,16-20,27,35H,4,6,9,12-15H2,1-3H3,(H,32,40). The summed E-state index contributed by atoms with van der Waals surface area (Å²) in [5.41, 5.74) is 4.51. The van der Waals surface area contributed by atoms with Gasteiger partial charge in [-0.25, -0.2) is 9.97 Å². The lowest BCUT2D eigenvalue weighted by Crippen LogP contribution is -2.44. The largest absolute Gasteiger partial charge is 0.362 e. The normalized spacial score (nSPS) is 14.8. The van der Waals surface area contributed by atoms with Crippen molar-refractivity contribution in [2.45, 2.75) is 51.0 Å². The number of carbonyl (C=O) groups excluding carboxylic acids is 3. The first-order valence-electron chi connectivity index (χ1n) is 14.0. The van der Waals surface area contributed by atoms with Crippen molar-refractivity contribution in [1.29, 1.82) is 0 Å². The molecule has 1 aliphatic heterocycles. The summed E-state index contributed by atoms with van der Waals surface area (Å²) in [6.45, 7) is 3.85. The second-order valence-corrected chi connectivity index (χ2v) is 10.4. The number of amides is 1. The van der Waals surface area contributed by atoms with Crippen LogP contribution < -0.4 is 15.1 Å². The molecule has 1 aliphatic rings. The second-order valence-electron chi connectivity index (χ2n) is 10.4. The first-order chi connectivity index (χ1) is 19.5. The van der Waals surface area contributed by atoms with Gasteiger partial charge in [0.05, 0.1) is 17.2 Å². The topological polar surface area (TPSA) is 111 Å². The lowest BCUT2D eigenvalue weighted by molar-refractivity contribution is -0.122. The molecule has 4 aromatic rings. The van der Waals surface area contributed by atoms with E-state index in [4.69, 9.17) is 0 Å². The van der Waals surface area contributed by atoms with Gasteiger partial charge in [0.15, 0.2) is 6.29 Å². The Balaban J connectivity index is 1.43. The highest BCUT2D eigenvalue weighted by Gasteiger charge is 2.27. The summed E-state index contributed by atoms with van der Waals surface area (Å²) in [5, 5.41) is 4.60. The Morgan fingerprint density at radius 1 is 1.23 bits per heavy atom.